The molecule has 0 saturated carbocycles. The van der Waals surface area contributed by atoms with Crippen molar-refractivity contribution in [1.29, 1.82) is 0 Å². The number of carboxylic acid groups (broad SMARTS) is 1. The average Bonchev–Trinajstić information content (AvgIpc) is 2.44. The molecule has 3 N–H and O–H groups in total. The van der Waals surface area contributed by atoms with Crippen LogP contribution in [0.25, 0.3) is 0 Å². The lowest BCUT2D eigenvalue weighted by atomic mass is 10.0. The van der Waals surface area contributed by atoms with Crippen molar-refractivity contribution in [2.75, 3.05) is 12.9 Å². The van der Waals surface area contributed by atoms with Crippen molar-refractivity contribution in [1.82, 2.24) is 4.72 Å². The highest BCUT2D eigenvalue weighted by atomic mass is 79.9. The molecule has 1 rings (SSSR count). The normalized spacial score (nSPS) is 16.1. The topological polar surface area (TPSA) is 130 Å². The van der Waals surface area contributed by atoms with Crippen molar-refractivity contribution in [3.8, 4) is 0 Å². The molecule has 0 heterocycles. The first-order valence-electron chi connectivity index (χ1n) is 7.05. The zero-order chi connectivity index (χ0) is 20.3. The van der Waals surface area contributed by atoms with Gasteiger partial charge in [-0.2, -0.15) is 8.78 Å². The summed E-state index contributed by atoms with van der Waals surface area (Å²) in [6.07, 6.45) is 0.462. The lowest BCUT2D eigenvalue weighted by Gasteiger charge is -2.23. The molecule has 0 bridgehead atoms. The van der Waals surface area contributed by atoms with Gasteiger partial charge in [-0.15, -0.1) is 0 Å². The number of hydrogen-bond acceptors (Lipinski definition) is 5. The van der Waals surface area contributed by atoms with Crippen LogP contribution in [-0.2, 0) is 36.0 Å². The summed E-state index contributed by atoms with van der Waals surface area (Å²) in [4.78, 5) is 20.6. The minimum Gasteiger partial charge on any atom is -0.480 e. The van der Waals surface area contributed by atoms with E-state index in [-0.39, 0.29) is 16.5 Å². The number of carbonyl (C=O) groups is 1. The third-order valence-corrected chi connectivity index (χ3v) is 6.04. The molecule has 2 atom stereocenters. The molecule has 13 heteroatoms. The van der Waals surface area contributed by atoms with Gasteiger partial charge in [0.15, 0.2) is 0 Å². The van der Waals surface area contributed by atoms with E-state index < -0.39 is 47.5 Å². The van der Waals surface area contributed by atoms with Crippen molar-refractivity contribution in [3.05, 3.63) is 33.8 Å². The van der Waals surface area contributed by atoms with Crippen LogP contribution in [0.4, 0.5) is 8.78 Å². The van der Waals surface area contributed by atoms with Crippen molar-refractivity contribution in [2.24, 2.45) is 0 Å². The van der Waals surface area contributed by atoms with E-state index in [1.165, 1.54) is 6.92 Å². The van der Waals surface area contributed by atoms with E-state index in [1.54, 1.807) is 0 Å². The Morgan fingerprint density at radius 3 is 2.46 bits per heavy atom. The molecular weight excluding hydrogens is 463 g/mol. The summed E-state index contributed by atoms with van der Waals surface area (Å²) in [5.41, 5.74) is -4.80. The second-order valence-corrected chi connectivity index (χ2v) is 9.77. The van der Waals surface area contributed by atoms with Gasteiger partial charge in [0, 0.05) is 10.0 Å². The fraction of sp³-hybridized carbons (Fsp3) is 0.462. The Hall–Kier alpha value is -0.910. The summed E-state index contributed by atoms with van der Waals surface area (Å²) in [6.45, 7) is 0.897. The van der Waals surface area contributed by atoms with Crippen LogP contribution in [0.3, 0.4) is 0 Å². The number of nitrogens with one attached hydrogen (secondary N) is 1. The van der Waals surface area contributed by atoms with Crippen LogP contribution in [0.1, 0.15) is 18.1 Å². The van der Waals surface area contributed by atoms with Crippen molar-refractivity contribution >= 4 is 39.5 Å². The summed E-state index contributed by atoms with van der Waals surface area (Å²) in [5, 5.41) is 9.07. The van der Waals surface area contributed by atoms with Crippen molar-refractivity contribution < 1.29 is 41.1 Å². The average molecular weight is 480 g/mol. The molecule has 1 aromatic carbocycles. The predicted molar refractivity (Wildman–Crippen MR) is 92.6 cm³/mol. The maximum absolute atomic E-state index is 14.3. The minimum atomic E-state index is -5.28. The minimum absolute atomic E-state index is 0.212. The molecule has 0 aromatic heterocycles. The molecule has 0 aliphatic carbocycles. The lowest BCUT2D eigenvalue weighted by Crippen LogP contribution is -2.41. The van der Waals surface area contributed by atoms with E-state index in [9.17, 15) is 31.5 Å². The number of carboxylic acids is 1. The van der Waals surface area contributed by atoms with Gasteiger partial charge in [-0.3, -0.25) is 9.36 Å². The standard InChI is InChI=1S/C13H17BrF2NO7PS/c1-3-24-25(20,21)13(15,16)9-5-4-8(6-10(9)14)7-11(12(18)19)17-26(2,22)23/h4-6,11,17H,3,7H2,1-2H3,(H,18,19)(H,20,21). The van der Waals surface area contributed by atoms with Crippen LogP contribution in [0.5, 0.6) is 0 Å². The van der Waals surface area contributed by atoms with Crippen LogP contribution in [0, 0.1) is 0 Å². The van der Waals surface area contributed by atoms with Crippen molar-refractivity contribution in [2.45, 2.75) is 25.1 Å². The molecule has 0 aliphatic rings. The summed E-state index contributed by atoms with van der Waals surface area (Å²) in [5.74, 6) is -1.45. The molecule has 26 heavy (non-hydrogen) atoms. The van der Waals surface area contributed by atoms with Crippen LogP contribution >= 0.6 is 23.5 Å². The zero-order valence-electron chi connectivity index (χ0n) is 13.6. The highest BCUT2D eigenvalue weighted by Gasteiger charge is 2.53. The van der Waals surface area contributed by atoms with E-state index in [0.717, 1.165) is 24.5 Å². The van der Waals surface area contributed by atoms with Gasteiger partial charge in [0.25, 0.3) is 0 Å². The Morgan fingerprint density at radius 1 is 1.46 bits per heavy atom. The summed E-state index contributed by atoms with van der Waals surface area (Å²) < 4.78 is 68.6. The van der Waals surface area contributed by atoms with Crippen LogP contribution in [0.15, 0.2) is 22.7 Å². The summed E-state index contributed by atoms with van der Waals surface area (Å²) in [7, 11) is -9.08. The van der Waals surface area contributed by atoms with Gasteiger partial charge >= 0.3 is 19.2 Å². The maximum atomic E-state index is 14.3. The largest absolute Gasteiger partial charge is 0.480 e. The monoisotopic (exact) mass is 479 g/mol. The quantitative estimate of drug-likeness (QED) is 0.463. The third-order valence-electron chi connectivity index (χ3n) is 3.11. The van der Waals surface area contributed by atoms with Crippen molar-refractivity contribution in [3.63, 3.8) is 0 Å². The Morgan fingerprint density at radius 2 is 2.04 bits per heavy atom. The number of alkyl halides is 2. The number of halogens is 3. The van der Waals surface area contributed by atoms with Gasteiger partial charge in [-0.05, 0) is 25.0 Å². The smallest absolute Gasteiger partial charge is 0.401 e. The lowest BCUT2D eigenvalue weighted by molar-refractivity contribution is -0.138. The summed E-state index contributed by atoms with van der Waals surface area (Å²) in [6, 6.07) is 1.57. The van der Waals surface area contributed by atoms with Gasteiger partial charge in [-0.25, -0.2) is 13.1 Å². The Bertz CT molecular complexity index is 834. The number of benzene rings is 1. The van der Waals surface area contributed by atoms with Crippen LogP contribution in [-0.4, -0.2) is 43.3 Å². The number of rotatable bonds is 9. The first-order valence-corrected chi connectivity index (χ1v) is 11.3. The molecule has 0 spiro atoms. The molecule has 8 nitrogen and oxygen atoms in total. The second kappa shape index (κ2) is 8.41. The SMILES string of the molecule is CCOP(=O)(O)C(F)(F)c1ccc(CC(NS(C)(=O)=O)C(=O)O)cc1Br. The third kappa shape index (κ3) is 5.80. The Kier molecular flexibility index (Phi) is 7.48. The molecule has 148 valence electrons. The van der Waals surface area contributed by atoms with E-state index in [0.29, 0.717) is 0 Å². The maximum Gasteiger partial charge on any atom is 0.401 e. The van der Waals surface area contributed by atoms with E-state index in [4.69, 9.17) is 5.11 Å². The highest BCUT2D eigenvalue weighted by molar-refractivity contribution is 9.10. The number of sulfonamides is 1. The fourth-order valence-corrected chi connectivity index (χ4v) is 4.55. The van der Waals surface area contributed by atoms with Gasteiger partial charge in [-0.1, -0.05) is 28.1 Å². The van der Waals surface area contributed by atoms with E-state index in [2.05, 4.69) is 20.5 Å². The predicted octanol–water partition coefficient (Wildman–Crippen LogP) is 2.27. The number of aliphatic carboxylic acids is 1. The van der Waals surface area contributed by atoms with Gasteiger partial charge in [0.2, 0.25) is 10.0 Å². The molecule has 0 aliphatic heterocycles. The van der Waals surface area contributed by atoms with Gasteiger partial charge in [0.05, 0.1) is 12.9 Å². The first kappa shape index (κ1) is 23.1. The molecule has 1 aromatic rings. The van der Waals surface area contributed by atoms with E-state index >= 15 is 0 Å². The fourth-order valence-electron chi connectivity index (χ4n) is 2.01. The van der Waals surface area contributed by atoms with Crippen LogP contribution in [0.2, 0.25) is 0 Å². The Balaban J connectivity index is 3.17. The van der Waals surface area contributed by atoms with Gasteiger partial charge in [0.1, 0.15) is 6.04 Å². The second-order valence-electron chi connectivity index (χ2n) is 5.28. The molecular formula is C13H17BrF2NO7PS. The molecule has 2 unspecified atom stereocenters. The molecule has 0 fully saturated rings. The Labute approximate surface area is 157 Å². The molecule has 0 radical (unpaired) electrons. The number of hydrogen-bond donors (Lipinski definition) is 3. The summed E-state index contributed by atoms with van der Waals surface area (Å²) >= 11 is 2.86. The van der Waals surface area contributed by atoms with Crippen LogP contribution < -0.4 is 4.72 Å². The zero-order valence-corrected chi connectivity index (χ0v) is 16.9. The first-order chi connectivity index (χ1) is 11.7. The van der Waals surface area contributed by atoms with Gasteiger partial charge < -0.3 is 14.5 Å². The van der Waals surface area contributed by atoms with E-state index in [1.807, 2.05) is 4.72 Å². The highest BCUT2D eigenvalue weighted by Crippen LogP contribution is 2.64. The molecule has 0 saturated heterocycles. The molecule has 0 amide bonds.